The van der Waals surface area contributed by atoms with Crippen molar-refractivity contribution >= 4 is 16.8 Å². The first-order chi connectivity index (χ1) is 20.3. The van der Waals surface area contributed by atoms with E-state index < -0.39 is 22.9 Å². The quantitative estimate of drug-likeness (QED) is 0.154. The van der Waals surface area contributed by atoms with Gasteiger partial charge in [0.2, 0.25) is 0 Å². The first kappa shape index (κ1) is 30.2. The van der Waals surface area contributed by atoms with Gasteiger partial charge in [-0.05, 0) is 57.4 Å². The zero-order chi connectivity index (χ0) is 31.2. The highest BCUT2D eigenvalue weighted by atomic mass is 19.4. The lowest BCUT2D eigenvalue weighted by Crippen LogP contribution is -2.30. The van der Waals surface area contributed by atoms with Gasteiger partial charge in [0.1, 0.15) is 11.2 Å². The van der Waals surface area contributed by atoms with Crippen LogP contribution in [0, 0.1) is 5.82 Å². The van der Waals surface area contributed by atoms with Gasteiger partial charge in [0.15, 0.2) is 17.3 Å². The van der Waals surface area contributed by atoms with E-state index in [0.717, 1.165) is 0 Å². The number of alkyl halides is 3. The van der Waals surface area contributed by atoms with Gasteiger partial charge >= 0.3 is 6.18 Å². The van der Waals surface area contributed by atoms with Crippen molar-refractivity contribution in [2.24, 2.45) is 0 Å². The lowest BCUT2D eigenvalue weighted by atomic mass is 10.0. The molecule has 0 unspecified atom stereocenters. The van der Waals surface area contributed by atoms with E-state index >= 15 is 4.39 Å². The van der Waals surface area contributed by atoms with Crippen LogP contribution in [0.15, 0.2) is 54.7 Å². The lowest BCUT2D eigenvalue weighted by Gasteiger charge is -2.22. The molecule has 7 nitrogen and oxygen atoms in total. The van der Waals surface area contributed by atoms with Crippen LogP contribution >= 0.6 is 0 Å². The lowest BCUT2D eigenvalue weighted by molar-refractivity contribution is -0.161. The molecule has 0 spiro atoms. The maximum absolute atomic E-state index is 15.1. The fraction of sp³-hybridized carbons (Fsp3) is 0.375. The van der Waals surface area contributed by atoms with Gasteiger partial charge in [0.25, 0.3) is 0 Å². The molecule has 0 saturated heterocycles. The maximum atomic E-state index is 15.1. The van der Waals surface area contributed by atoms with Crippen molar-refractivity contribution in [1.82, 2.24) is 19.7 Å². The Morgan fingerprint density at radius 3 is 2.28 bits per heavy atom. The zero-order valence-corrected chi connectivity index (χ0v) is 24.6. The monoisotopic (exact) mass is 596 g/mol. The third-order valence-corrected chi connectivity index (χ3v) is 7.59. The molecule has 11 heteroatoms. The van der Waals surface area contributed by atoms with E-state index in [0.29, 0.717) is 39.5 Å². The van der Waals surface area contributed by atoms with E-state index in [-0.39, 0.29) is 42.7 Å². The number of hydrogen-bond acceptors (Lipinski definition) is 6. The molecular weight excluding hydrogens is 564 g/mol. The van der Waals surface area contributed by atoms with Crippen molar-refractivity contribution < 1.29 is 31.8 Å². The zero-order valence-electron chi connectivity index (χ0n) is 24.6. The molecule has 226 valence electrons. The first-order valence-corrected chi connectivity index (χ1v) is 13.8. The summed E-state index contributed by atoms with van der Waals surface area (Å²) in [5, 5.41) is 4.33. The molecule has 43 heavy (non-hydrogen) atoms. The molecular formula is C32H32F4N4O3. The summed E-state index contributed by atoms with van der Waals surface area (Å²) in [7, 11) is 3.04. The highest BCUT2D eigenvalue weighted by molar-refractivity contribution is 5.91. The number of hydrogen-bond donors (Lipinski definition) is 0. The Morgan fingerprint density at radius 2 is 1.70 bits per heavy atom. The molecule has 1 aliphatic carbocycles. The number of rotatable bonds is 9. The van der Waals surface area contributed by atoms with Crippen molar-refractivity contribution in [2.75, 3.05) is 14.2 Å². The number of methoxy groups -OCH3 is 2. The fourth-order valence-corrected chi connectivity index (χ4v) is 5.08. The number of aromatic nitrogens is 4. The number of fused-ring (bicyclic) bond motifs is 1. The molecule has 0 radical (unpaired) electrons. The molecule has 0 bridgehead atoms. The third-order valence-electron chi connectivity index (χ3n) is 7.59. The van der Waals surface area contributed by atoms with E-state index in [1.54, 1.807) is 29.0 Å². The van der Waals surface area contributed by atoms with Crippen molar-refractivity contribution in [1.29, 1.82) is 0 Å². The Hall–Kier alpha value is -4.28. The van der Waals surface area contributed by atoms with E-state index in [2.05, 4.69) is 15.1 Å². The van der Waals surface area contributed by atoms with Crippen molar-refractivity contribution in [3.63, 3.8) is 0 Å². The molecule has 1 fully saturated rings. The van der Waals surface area contributed by atoms with Crippen LogP contribution in [0.25, 0.3) is 22.3 Å². The third kappa shape index (κ3) is 5.98. The SMILES string of the molecule is COc1cc2ncc(-c3ccc(CC(=O)/C=C/Cc4cc(C5(C(F)(F)F)CC5)nn4C(C)(C)C)c(F)c3)nc2cc1OC. The van der Waals surface area contributed by atoms with Crippen LogP contribution in [0.1, 0.15) is 50.6 Å². The first-order valence-electron chi connectivity index (χ1n) is 13.8. The molecule has 0 amide bonds. The Labute approximate surface area is 246 Å². The van der Waals surface area contributed by atoms with Gasteiger partial charge in [-0.2, -0.15) is 18.3 Å². The van der Waals surface area contributed by atoms with E-state index in [1.807, 2.05) is 20.8 Å². The Balaban J connectivity index is 1.29. The van der Waals surface area contributed by atoms with E-state index in [9.17, 15) is 18.0 Å². The molecule has 2 heterocycles. The Morgan fingerprint density at radius 1 is 1.02 bits per heavy atom. The summed E-state index contributed by atoms with van der Waals surface area (Å²) < 4.78 is 68.4. The number of nitrogens with zero attached hydrogens (tertiary/aromatic N) is 4. The van der Waals surface area contributed by atoms with Gasteiger partial charge in [-0.15, -0.1) is 0 Å². The van der Waals surface area contributed by atoms with Crippen molar-refractivity contribution in [2.45, 2.75) is 63.6 Å². The van der Waals surface area contributed by atoms with Gasteiger partial charge in [-0.1, -0.05) is 18.2 Å². The molecule has 2 aromatic carbocycles. The molecule has 1 saturated carbocycles. The Bertz CT molecular complexity index is 1720. The van der Waals surface area contributed by atoms with Crippen LogP contribution in [0.4, 0.5) is 17.6 Å². The summed E-state index contributed by atoms with van der Waals surface area (Å²) in [5.41, 5.74) is 0.438. The molecule has 0 N–H and O–H groups in total. The predicted octanol–water partition coefficient (Wildman–Crippen LogP) is 6.91. The highest BCUT2D eigenvalue weighted by Crippen LogP contribution is 2.58. The summed E-state index contributed by atoms with van der Waals surface area (Å²) in [5.74, 6) is 0.106. The normalized spacial score (nSPS) is 14.8. The molecule has 2 aromatic heterocycles. The second-order valence-corrected chi connectivity index (χ2v) is 11.7. The second-order valence-electron chi connectivity index (χ2n) is 11.7. The minimum absolute atomic E-state index is 0.0155. The summed E-state index contributed by atoms with van der Waals surface area (Å²) in [6.07, 6.45) is 0.158. The second kappa shape index (κ2) is 11.1. The topological polar surface area (TPSA) is 79.1 Å². The van der Waals surface area contributed by atoms with Crippen molar-refractivity contribution in [3.8, 4) is 22.8 Å². The van der Waals surface area contributed by atoms with Crippen LogP contribution in [0.2, 0.25) is 0 Å². The number of halogens is 4. The molecule has 1 aliphatic rings. The number of benzene rings is 2. The molecule has 4 aromatic rings. The largest absolute Gasteiger partial charge is 0.493 e. The predicted molar refractivity (Wildman–Crippen MR) is 154 cm³/mol. The van der Waals surface area contributed by atoms with Gasteiger partial charge in [-0.25, -0.2) is 9.37 Å². The summed E-state index contributed by atoms with van der Waals surface area (Å²) in [4.78, 5) is 21.7. The minimum atomic E-state index is -4.37. The summed E-state index contributed by atoms with van der Waals surface area (Å²) >= 11 is 0. The van der Waals surface area contributed by atoms with E-state index in [1.165, 1.54) is 44.7 Å². The molecule has 0 aliphatic heterocycles. The number of carbonyl (C=O) groups is 1. The standard InChI is InChI=1S/C32H32F4N4O3/c1-30(2,3)40-21(15-29(39-40)31(11-12-31)32(34,35)36)7-6-8-22(41)13-19-9-10-20(14-23(19)33)26-18-37-24-16-27(42-4)28(43-5)17-25(24)38-26/h6,8-10,14-18H,7,11-13H2,1-5H3/b8-6+. The summed E-state index contributed by atoms with van der Waals surface area (Å²) in [6.45, 7) is 5.58. The highest BCUT2D eigenvalue weighted by Gasteiger charge is 2.65. The van der Waals surface area contributed by atoms with Gasteiger partial charge in [0.05, 0.1) is 48.4 Å². The van der Waals surface area contributed by atoms with Crippen molar-refractivity contribution in [3.05, 3.63) is 77.5 Å². The Kier molecular flexibility index (Phi) is 7.79. The number of ether oxygens (including phenoxy) is 2. The van der Waals surface area contributed by atoms with Gasteiger partial charge in [0, 0.05) is 36.2 Å². The molecule has 0 atom stereocenters. The smallest absolute Gasteiger partial charge is 0.400 e. The van der Waals surface area contributed by atoms with Crippen LogP contribution < -0.4 is 9.47 Å². The minimum Gasteiger partial charge on any atom is -0.493 e. The average Bonchev–Trinajstić information content (AvgIpc) is 3.66. The average molecular weight is 597 g/mol. The van der Waals surface area contributed by atoms with Gasteiger partial charge in [-0.3, -0.25) is 14.5 Å². The number of ketones is 1. The molecule has 5 rings (SSSR count). The van der Waals surface area contributed by atoms with Gasteiger partial charge < -0.3 is 9.47 Å². The van der Waals surface area contributed by atoms with Crippen LogP contribution in [-0.2, 0) is 28.6 Å². The number of carbonyl (C=O) groups excluding carboxylic acids is 1. The fourth-order valence-electron chi connectivity index (χ4n) is 5.08. The van der Waals surface area contributed by atoms with Crippen LogP contribution in [0.5, 0.6) is 11.5 Å². The van der Waals surface area contributed by atoms with Crippen LogP contribution in [0.3, 0.4) is 0 Å². The maximum Gasteiger partial charge on any atom is 0.400 e. The summed E-state index contributed by atoms with van der Waals surface area (Å²) in [6, 6.07) is 9.39. The van der Waals surface area contributed by atoms with Crippen LogP contribution in [-0.4, -0.2) is 45.9 Å². The number of allylic oxidation sites excluding steroid dienone is 2. The van der Waals surface area contributed by atoms with E-state index in [4.69, 9.17) is 9.47 Å².